The van der Waals surface area contributed by atoms with Gasteiger partial charge < -0.3 is 10.2 Å². The fraction of sp³-hybridized carbons (Fsp3) is 0.316. The lowest BCUT2D eigenvalue weighted by Crippen LogP contribution is -2.54. The highest BCUT2D eigenvalue weighted by Crippen LogP contribution is 2.29. The van der Waals surface area contributed by atoms with Gasteiger partial charge >= 0.3 is 0 Å². The first-order chi connectivity index (χ1) is 22.5. The number of amides is 2. The minimum Gasteiger partial charge on any atom is -0.352 e. The fourth-order valence-electron chi connectivity index (χ4n) is 6.14. The summed E-state index contributed by atoms with van der Waals surface area (Å²) in [4.78, 5) is 30.5. The Hall–Kier alpha value is -3.95. The number of sulfonamides is 1. The first-order valence-electron chi connectivity index (χ1n) is 16.1. The number of halogens is 1. The van der Waals surface area contributed by atoms with Crippen molar-refractivity contribution in [1.82, 2.24) is 10.2 Å². The van der Waals surface area contributed by atoms with Crippen LogP contribution in [0.1, 0.15) is 53.5 Å². The second kappa shape index (κ2) is 15.3. The molecule has 2 amide bonds. The number of carbonyl (C=O) groups excluding carboxylic acids is 2. The van der Waals surface area contributed by atoms with Gasteiger partial charge in [0.25, 0.3) is 10.0 Å². The van der Waals surface area contributed by atoms with Crippen LogP contribution in [0, 0.1) is 20.8 Å². The first-order valence-corrected chi connectivity index (χ1v) is 18.3. The van der Waals surface area contributed by atoms with E-state index in [9.17, 15) is 18.0 Å². The van der Waals surface area contributed by atoms with Crippen molar-refractivity contribution in [2.24, 2.45) is 0 Å². The van der Waals surface area contributed by atoms with E-state index in [1.54, 1.807) is 35.2 Å². The minimum atomic E-state index is -4.16. The quantitative estimate of drug-likeness (QED) is 0.167. The first kappa shape index (κ1) is 34.4. The van der Waals surface area contributed by atoms with Crippen LogP contribution in [0.2, 0.25) is 0 Å². The molecular formula is C38H42BrN3O4S. The molecule has 0 aromatic heterocycles. The summed E-state index contributed by atoms with van der Waals surface area (Å²) in [7, 11) is -4.16. The third-order valence-electron chi connectivity index (χ3n) is 8.75. The molecule has 9 heteroatoms. The molecule has 0 saturated heterocycles. The molecule has 1 aliphatic carbocycles. The van der Waals surface area contributed by atoms with Crippen LogP contribution in [0.3, 0.4) is 0 Å². The van der Waals surface area contributed by atoms with Gasteiger partial charge in [0.1, 0.15) is 12.6 Å². The highest BCUT2D eigenvalue weighted by Gasteiger charge is 2.36. The van der Waals surface area contributed by atoms with E-state index in [0.717, 1.165) is 58.0 Å². The maximum atomic E-state index is 14.7. The van der Waals surface area contributed by atoms with Crippen molar-refractivity contribution < 1.29 is 18.0 Å². The number of anilines is 1. The zero-order valence-electron chi connectivity index (χ0n) is 27.2. The number of nitrogens with zero attached hydrogens (tertiary/aromatic N) is 2. The lowest BCUT2D eigenvalue weighted by Gasteiger charge is -2.34. The molecule has 47 heavy (non-hydrogen) atoms. The maximum Gasteiger partial charge on any atom is 0.264 e. The topological polar surface area (TPSA) is 86.8 Å². The molecule has 1 N–H and O–H groups in total. The van der Waals surface area contributed by atoms with Gasteiger partial charge in [-0.05, 0) is 80.6 Å². The highest BCUT2D eigenvalue weighted by atomic mass is 79.9. The molecule has 0 heterocycles. The average Bonchev–Trinajstić information content (AvgIpc) is 3.56. The number of nitrogens with one attached hydrogen (secondary N) is 1. The third kappa shape index (κ3) is 8.70. The summed E-state index contributed by atoms with van der Waals surface area (Å²) in [6.07, 6.45) is 4.20. The van der Waals surface area contributed by atoms with Gasteiger partial charge in [0, 0.05) is 23.5 Å². The summed E-state index contributed by atoms with van der Waals surface area (Å²) < 4.78 is 30.7. The predicted molar refractivity (Wildman–Crippen MR) is 191 cm³/mol. The summed E-state index contributed by atoms with van der Waals surface area (Å²) in [5.41, 5.74) is 4.79. The molecule has 1 aliphatic rings. The second-order valence-corrected chi connectivity index (χ2v) is 15.2. The Morgan fingerprint density at radius 3 is 2.11 bits per heavy atom. The van der Waals surface area contributed by atoms with Gasteiger partial charge in [-0.3, -0.25) is 13.9 Å². The van der Waals surface area contributed by atoms with Crippen molar-refractivity contribution in [1.29, 1.82) is 0 Å². The molecule has 7 nitrogen and oxygen atoms in total. The van der Waals surface area contributed by atoms with Gasteiger partial charge in [-0.1, -0.05) is 107 Å². The largest absolute Gasteiger partial charge is 0.352 e. The molecule has 0 unspecified atom stereocenters. The molecular weight excluding hydrogens is 674 g/mol. The molecule has 1 saturated carbocycles. The maximum absolute atomic E-state index is 14.7. The zero-order chi connectivity index (χ0) is 33.6. The molecule has 246 valence electrons. The summed E-state index contributed by atoms with van der Waals surface area (Å²) in [5.74, 6) is -0.697. The highest BCUT2D eigenvalue weighted by molar-refractivity contribution is 9.10. The van der Waals surface area contributed by atoms with E-state index in [-0.39, 0.29) is 29.8 Å². The Kier molecular flexibility index (Phi) is 11.2. The van der Waals surface area contributed by atoms with E-state index in [0.29, 0.717) is 5.69 Å². The lowest BCUT2D eigenvalue weighted by atomic mass is 10.0. The van der Waals surface area contributed by atoms with Crippen molar-refractivity contribution in [3.63, 3.8) is 0 Å². The van der Waals surface area contributed by atoms with Crippen LogP contribution >= 0.6 is 15.9 Å². The van der Waals surface area contributed by atoms with E-state index in [4.69, 9.17) is 0 Å². The molecule has 0 bridgehead atoms. The number of rotatable bonds is 12. The van der Waals surface area contributed by atoms with E-state index in [1.165, 1.54) is 4.31 Å². The van der Waals surface area contributed by atoms with Crippen molar-refractivity contribution in [2.45, 2.75) is 76.4 Å². The summed E-state index contributed by atoms with van der Waals surface area (Å²) >= 11 is 3.49. The van der Waals surface area contributed by atoms with Crippen LogP contribution in [-0.2, 0) is 32.6 Å². The minimum absolute atomic E-state index is 0.0547. The Morgan fingerprint density at radius 2 is 1.47 bits per heavy atom. The SMILES string of the molecule is Cc1ccc(S(=O)(=O)N(CC(=O)N(Cc2ccc(Br)cc2)[C@H](Cc2ccccc2)C(=O)NC2CCCC2)c2ccc(C)cc2C)cc1. The van der Waals surface area contributed by atoms with Gasteiger partial charge in [-0.15, -0.1) is 0 Å². The molecule has 1 fully saturated rings. The summed E-state index contributed by atoms with van der Waals surface area (Å²) in [6.45, 7) is 5.34. The van der Waals surface area contributed by atoms with Crippen molar-refractivity contribution >= 4 is 43.5 Å². The van der Waals surface area contributed by atoms with Crippen LogP contribution in [0.5, 0.6) is 0 Å². The third-order valence-corrected chi connectivity index (χ3v) is 11.1. The second-order valence-electron chi connectivity index (χ2n) is 12.5. The van der Waals surface area contributed by atoms with Gasteiger partial charge in [-0.2, -0.15) is 0 Å². The molecule has 0 spiro atoms. The van der Waals surface area contributed by atoms with E-state index in [2.05, 4.69) is 21.2 Å². The normalized spacial score (nSPS) is 14.0. The van der Waals surface area contributed by atoms with Crippen molar-refractivity contribution in [3.8, 4) is 0 Å². The standard InChI is InChI=1S/C38H42BrN3O4S/c1-27-13-20-34(21-14-27)47(45,46)42(35-22-15-28(2)23-29(35)3)26-37(43)41(25-31-16-18-32(39)19-17-31)36(24-30-9-5-4-6-10-30)38(44)40-33-11-7-8-12-33/h4-6,9-10,13-23,33,36H,7-8,11-12,24-26H2,1-3H3,(H,40,44)/t36-/m1/s1. The van der Waals surface area contributed by atoms with Crippen LogP contribution in [-0.4, -0.2) is 43.8 Å². The Balaban J connectivity index is 1.58. The van der Waals surface area contributed by atoms with Crippen LogP contribution in [0.25, 0.3) is 0 Å². The smallest absolute Gasteiger partial charge is 0.264 e. The van der Waals surface area contributed by atoms with E-state index in [1.807, 2.05) is 87.5 Å². The average molecular weight is 717 g/mol. The van der Waals surface area contributed by atoms with Crippen LogP contribution < -0.4 is 9.62 Å². The molecule has 5 rings (SSSR count). The lowest BCUT2D eigenvalue weighted by molar-refractivity contribution is -0.140. The van der Waals surface area contributed by atoms with Gasteiger partial charge in [0.05, 0.1) is 10.6 Å². The summed E-state index contributed by atoms with van der Waals surface area (Å²) in [5, 5.41) is 3.22. The fourth-order valence-corrected chi connectivity index (χ4v) is 7.89. The molecule has 4 aromatic rings. The number of hydrogen-bond acceptors (Lipinski definition) is 4. The number of carbonyl (C=O) groups is 2. The molecule has 1 atom stereocenters. The number of benzene rings is 4. The Morgan fingerprint density at radius 1 is 0.830 bits per heavy atom. The van der Waals surface area contributed by atoms with E-state index >= 15 is 0 Å². The Labute approximate surface area is 287 Å². The van der Waals surface area contributed by atoms with Gasteiger partial charge in [0.15, 0.2) is 0 Å². The van der Waals surface area contributed by atoms with Gasteiger partial charge in [-0.25, -0.2) is 8.42 Å². The molecule has 4 aromatic carbocycles. The van der Waals surface area contributed by atoms with E-state index < -0.39 is 28.5 Å². The number of hydrogen-bond donors (Lipinski definition) is 1. The van der Waals surface area contributed by atoms with Gasteiger partial charge in [0.2, 0.25) is 11.8 Å². The monoisotopic (exact) mass is 715 g/mol. The Bertz CT molecular complexity index is 1790. The predicted octanol–water partition coefficient (Wildman–Crippen LogP) is 7.27. The van der Waals surface area contributed by atoms with Crippen molar-refractivity contribution in [3.05, 3.63) is 129 Å². The van der Waals surface area contributed by atoms with Crippen LogP contribution in [0.4, 0.5) is 5.69 Å². The van der Waals surface area contributed by atoms with Crippen LogP contribution in [0.15, 0.2) is 106 Å². The summed E-state index contributed by atoms with van der Waals surface area (Å²) in [6, 6.07) is 28.6. The zero-order valence-corrected chi connectivity index (χ0v) is 29.6. The number of aryl methyl sites for hydroxylation is 3. The molecule has 0 aliphatic heterocycles. The van der Waals surface area contributed by atoms with Crippen molar-refractivity contribution in [2.75, 3.05) is 10.8 Å². The molecule has 0 radical (unpaired) electrons.